The van der Waals surface area contributed by atoms with Gasteiger partial charge in [-0.1, -0.05) is 70.9 Å². The number of rotatable bonds is 8. The van der Waals surface area contributed by atoms with E-state index in [-0.39, 0.29) is 6.10 Å². The molecule has 0 bridgehead atoms. The molecule has 0 aromatic heterocycles. The molecule has 0 heterocycles. The number of hydrogen-bond acceptors (Lipinski definition) is 2. The van der Waals surface area contributed by atoms with Crippen molar-refractivity contribution in [3.63, 3.8) is 0 Å². The molecule has 2 unspecified atom stereocenters. The van der Waals surface area contributed by atoms with Crippen LogP contribution in [0.4, 0.5) is 0 Å². The summed E-state index contributed by atoms with van der Waals surface area (Å²) in [6, 6.07) is 10.8. The van der Waals surface area contributed by atoms with Gasteiger partial charge in [-0.3, -0.25) is 0 Å². The fraction of sp³-hybridized carbons (Fsp3) is 0.647. The van der Waals surface area contributed by atoms with E-state index in [1.807, 2.05) is 6.07 Å². The Morgan fingerprint density at radius 1 is 1.05 bits per heavy atom. The normalized spacial score (nSPS) is 14.9. The van der Waals surface area contributed by atoms with Gasteiger partial charge in [0.05, 0.1) is 6.10 Å². The average molecular weight is 263 g/mol. The lowest BCUT2D eigenvalue weighted by Gasteiger charge is -2.27. The smallest absolute Gasteiger partial charge is 0.0692 e. The summed E-state index contributed by atoms with van der Waals surface area (Å²) >= 11 is 0. The highest BCUT2D eigenvalue weighted by molar-refractivity contribution is 5.19. The fourth-order valence-electron chi connectivity index (χ4n) is 2.65. The van der Waals surface area contributed by atoms with Gasteiger partial charge in [0.25, 0.3) is 0 Å². The van der Waals surface area contributed by atoms with E-state index in [0.717, 1.165) is 12.8 Å². The minimum atomic E-state index is -0.250. The Labute approximate surface area is 118 Å². The van der Waals surface area contributed by atoms with E-state index in [2.05, 4.69) is 57.3 Å². The molecule has 0 aliphatic rings. The van der Waals surface area contributed by atoms with Crippen LogP contribution in [0.2, 0.25) is 0 Å². The molecule has 2 nitrogen and oxygen atoms in total. The lowest BCUT2D eigenvalue weighted by molar-refractivity contribution is 0.0961. The molecule has 0 saturated carbocycles. The largest absolute Gasteiger partial charge is 0.392 e. The van der Waals surface area contributed by atoms with Crippen molar-refractivity contribution in [1.29, 1.82) is 0 Å². The number of nitrogens with one attached hydrogen (secondary N) is 1. The molecule has 0 fully saturated rings. The van der Waals surface area contributed by atoms with Gasteiger partial charge >= 0.3 is 0 Å². The van der Waals surface area contributed by atoms with Gasteiger partial charge in [0.1, 0.15) is 0 Å². The van der Waals surface area contributed by atoms with Gasteiger partial charge < -0.3 is 10.4 Å². The van der Waals surface area contributed by atoms with E-state index in [9.17, 15) is 5.11 Å². The van der Waals surface area contributed by atoms with Crippen LogP contribution in [0.25, 0.3) is 0 Å². The van der Waals surface area contributed by atoms with E-state index in [0.29, 0.717) is 24.4 Å². The summed E-state index contributed by atoms with van der Waals surface area (Å²) in [5.74, 6) is 0.910. The highest BCUT2D eigenvalue weighted by Crippen LogP contribution is 2.22. The molecule has 0 radical (unpaired) electrons. The van der Waals surface area contributed by atoms with Gasteiger partial charge in [-0.05, 0) is 17.4 Å². The molecule has 0 spiro atoms. The number of hydrogen-bond donors (Lipinski definition) is 2. The van der Waals surface area contributed by atoms with Crippen LogP contribution < -0.4 is 5.32 Å². The zero-order valence-electron chi connectivity index (χ0n) is 12.8. The van der Waals surface area contributed by atoms with Gasteiger partial charge in [0, 0.05) is 12.6 Å². The summed E-state index contributed by atoms with van der Waals surface area (Å²) in [6.07, 6.45) is 1.83. The minimum absolute atomic E-state index is 0.250. The Bertz CT molecular complexity index is 332. The first-order valence-corrected chi connectivity index (χ1v) is 7.56. The Hall–Kier alpha value is -0.860. The van der Waals surface area contributed by atoms with Crippen LogP contribution >= 0.6 is 0 Å². The van der Waals surface area contributed by atoms with Crippen LogP contribution in [-0.4, -0.2) is 17.8 Å². The second-order valence-corrected chi connectivity index (χ2v) is 5.68. The topological polar surface area (TPSA) is 32.3 Å². The van der Waals surface area contributed by atoms with Crippen molar-refractivity contribution >= 4 is 0 Å². The molecule has 0 aliphatic heterocycles. The molecule has 2 N–H and O–H groups in total. The maximum absolute atomic E-state index is 10.2. The highest BCUT2D eigenvalue weighted by atomic mass is 16.3. The maximum Gasteiger partial charge on any atom is 0.0692 e. The Balaban J connectivity index is 2.61. The zero-order valence-corrected chi connectivity index (χ0v) is 12.8. The molecule has 0 saturated heterocycles. The maximum atomic E-state index is 10.2. The monoisotopic (exact) mass is 263 g/mol. The number of benzene rings is 1. The third-order valence-corrected chi connectivity index (χ3v) is 3.97. The van der Waals surface area contributed by atoms with Crippen LogP contribution in [0.15, 0.2) is 30.3 Å². The van der Waals surface area contributed by atoms with Crippen molar-refractivity contribution in [2.24, 2.45) is 11.8 Å². The van der Waals surface area contributed by atoms with Gasteiger partial charge in [0.15, 0.2) is 0 Å². The molecular formula is C17H29NO. The van der Waals surface area contributed by atoms with E-state index in [4.69, 9.17) is 0 Å². The van der Waals surface area contributed by atoms with Crippen LogP contribution in [-0.2, 0) is 0 Å². The lowest BCUT2D eigenvalue weighted by atomic mass is 9.93. The molecule has 1 aromatic carbocycles. The van der Waals surface area contributed by atoms with Crippen LogP contribution in [0.3, 0.4) is 0 Å². The fourth-order valence-corrected chi connectivity index (χ4v) is 2.65. The summed E-state index contributed by atoms with van der Waals surface area (Å²) in [6.45, 7) is 9.40. The molecule has 108 valence electrons. The molecule has 1 rings (SSSR count). The zero-order chi connectivity index (χ0) is 14.3. The van der Waals surface area contributed by atoms with Gasteiger partial charge in [0.2, 0.25) is 0 Å². The van der Waals surface area contributed by atoms with Gasteiger partial charge in [-0.25, -0.2) is 0 Å². The second-order valence-electron chi connectivity index (χ2n) is 5.68. The van der Waals surface area contributed by atoms with Gasteiger partial charge in [-0.2, -0.15) is 0 Å². The van der Waals surface area contributed by atoms with Crippen LogP contribution in [0.5, 0.6) is 0 Å². The quantitative estimate of drug-likeness (QED) is 0.748. The molecule has 19 heavy (non-hydrogen) atoms. The summed E-state index contributed by atoms with van der Waals surface area (Å²) in [4.78, 5) is 0. The number of aliphatic hydroxyl groups excluding tert-OH is 1. The van der Waals surface area contributed by atoms with E-state index in [1.54, 1.807) is 0 Å². The number of aliphatic hydroxyl groups is 1. The third kappa shape index (κ3) is 4.96. The lowest BCUT2D eigenvalue weighted by Crippen LogP contribution is -2.36. The first-order chi connectivity index (χ1) is 9.10. The standard InChI is InChI=1S/C17H29NO/c1-5-14(6-2)16(19)12-18-17(13(3)4)15-10-8-7-9-11-15/h7-11,13-14,16-19H,5-6,12H2,1-4H3. The molecule has 0 aliphatic carbocycles. The van der Waals surface area contributed by atoms with E-state index >= 15 is 0 Å². The summed E-state index contributed by atoms with van der Waals surface area (Å²) < 4.78 is 0. The molecule has 2 atom stereocenters. The van der Waals surface area contributed by atoms with Crippen LogP contribution in [0.1, 0.15) is 52.1 Å². The molecule has 2 heteroatoms. The second kappa shape index (κ2) is 8.34. The van der Waals surface area contributed by atoms with Crippen molar-refractivity contribution in [3.05, 3.63) is 35.9 Å². The predicted molar refractivity (Wildman–Crippen MR) is 82.1 cm³/mol. The average Bonchev–Trinajstić information content (AvgIpc) is 2.41. The van der Waals surface area contributed by atoms with Gasteiger partial charge in [-0.15, -0.1) is 0 Å². The molecule has 1 aromatic rings. The van der Waals surface area contributed by atoms with Crippen molar-refractivity contribution in [2.45, 2.75) is 52.7 Å². The van der Waals surface area contributed by atoms with Crippen molar-refractivity contribution in [2.75, 3.05) is 6.54 Å². The Kier molecular flexibility index (Phi) is 7.11. The summed E-state index contributed by atoms with van der Waals surface area (Å²) in [5.41, 5.74) is 1.30. The Morgan fingerprint density at radius 3 is 2.11 bits per heavy atom. The first kappa shape index (κ1) is 16.2. The minimum Gasteiger partial charge on any atom is -0.392 e. The highest BCUT2D eigenvalue weighted by Gasteiger charge is 2.19. The van der Waals surface area contributed by atoms with Crippen molar-refractivity contribution in [1.82, 2.24) is 5.32 Å². The van der Waals surface area contributed by atoms with Crippen molar-refractivity contribution in [3.8, 4) is 0 Å². The SMILES string of the molecule is CCC(CC)C(O)CNC(c1ccccc1)C(C)C. The molecule has 0 amide bonds. The third-order valence-electron chi connectivity index (χ3n) is 3.97. The Morgan fingerprint density at radius 2 is 1.63 bits per heavy atom. The van der Waals surface area contributed by atoms with Crippen LogP contribution in [0, 0.1) is 11.8 Å². The predicted octanol–water partition coefficient (Wildman–Crippen LogP) is 3.77. The first-order valence-electron chi connectivity index (χ1n) is 7.56. The summed E-state index contributed by atoms with van der Waals surface area (Å²) in [7, 11) is 0. The molecular weight excluding hydrogens is 234 g/mol. The van der Waals surface area contributed by atoms with E-state index in [1.165, 1.54) is 5.56 Å². The van der Waals surface area contributed by atoms with Crippen molar-refractivity contribution < 1.29 is 5.11 Å². The summed E-state index contributed by atoms with van der Waals surface area (Å²) in [5, 5.41) is 13.8. The van der Waals surface area contributed by atoms with E-state index < -0.39 is 0 Å².